The van der Waals surface area contributed by atoms with Crippen LogP contribution in [0, 0.1) is 11.8 Å². The van der Waals surface area contributed by atoms with Crippen molar-refractivity contribution in [3.05, 3.63) is 35.4 Å². The van der Waals surface area contributed by atoms with Gasteiger partial charge < -0.3 is 28.4 Å². The summed E-state index contributed by atoms with van der Waals surface area (Å²) in [6.45, 7) is 0. The Hall–Kier alpha value is -1.80. The van der Waals surface area contributed by atoms with E-state index >= 15 is 0 Å². The van der Waals surface area contributed by atoms with Crippen LogP contribution in [0.25, 0.3) is 0 Å². The van der Waals surface area contributed by atoms with Gasteiger partial charge in [-0.1, -0.05) is 38.3 Å². The van der Waals surface area contributed by atoms with Gasteiger partial charge in [0, 0.05) is 10.7 Å². The van der Waals surface area contributed by atoms with E-state index in [1.54, 1.807) is 42.7 Å². The molecule has 0 saturated carbocycles. The maximum absolute atomic E-state index is 5.62. The Morgan fingerprint density at radius 3 is 1.22 bits per heavy atom. The summed E-state index contributed by atoms with van der Waals surface area (Å²) in [5.74, 6) is 4.89. The molecule has 2 aromatic carbocycles. The second-order valence-corrected chi connectivity index (χ2v) is 10.2. The predicted molar refractivity (Wildman–Crippen MR) is 153 cm³/mol. The summed E-state index contributed by atoms with van der Waals surface area (Å²) >= 11 is 7.30. The molecule has 2 atom stereocenters. The molecule has 0 aliphatic carbocycles. The van der Waals surface area contributed by atoms with Crippen LogP contribution in [0.4, 0.5) is 0 Å². The Kier molecular flexibility index (Phi) is 13.6. The molecule has 202 valence electrons. The smallest absolute Gasteiger partial charge is 0.203 e. The monoisotopic (exact) mass is 630 g/mol. The van der Waals surface area contributed by atoms with E-state index in [0.717, 1.165) is 49.2 Å². The van der Waals surface area contributed by atoms with Crippen molar-refractivity contribution in [2.24, 2.45) is 11.8 Å². The number of rotatable bonds is 17. The standard InChI is InChI=1S/C28H40Br2O6/c1-31-23-15-19(16-24(32-2)27(23)35-5)13-21(9-7-8-11-29)22(10-12-30)14-20-17-25(33-3)28(36-6)26(18-20)34-4/h15-18,21-22H,7-14H2,1-6H3/t21-,22-/m0/s1. The van der Waals surface area contributed by atoms with Crippen LogP contribution in [-0.2, 0) is 12.8 Å². The number of methoxy groups -OCH3 is 6. The third-order valence-electron chi connectivity index (χ3n) is 6.55. The average Bonchev–Trinajstić information content (AvgIpc) is 2.90. The predicted octanol–water partition coefficient (Wildman–Crippen LogP) is 7.11. The first-order chi connectivity index (χ1) is 17.5. The first kappa shape index (κ1) is 30.4. The number of alkyl halides is 2. The zero-order valence-corrected chi connectivity index (χ0v) is 25.5. The van der Waals surface area contributed by atoms with Gasteiger partial charge in [-0.25, -0.2) is 0 Å². The van der Waals surface area contributed by atoms with Crippen LogP contribution in [0.1, 0.15) is 36.8 Å². The molecule has 6 nitrogen and oxygen atoms in total. The van der Waals surface area contributed by atoms with Gasteiger partial charge in [0.1, 0.15) is 0 Å². The number of benzene rings is 2. The maximum Gasteiger partial charge on any atom is 0.203 e. The SMILES string of the molecule is COc1cc(C[C@H](CCBr)[C@@H](CCCCBr)Cc2cc(OC)c(OC)c(OC)c2)cc(OC)c1OC. The molecule has 0 aliphatic heterocycles. The second-order valence-electron chi connectivity index (χ2n) is 8.66. The highest BCUT2D eigenvalue weighted by Crippen LogP contribution is 2.42. The number of hydrogen-bond donors (Lipinski definition) is 0. The molecular weight excluding hydrogens is 592 g/mol. The van der Waals surface area contributed by atoms with Gasteiger partial charge in [-0.2, -0.15) is 0 Å². The summed E-state index contributed by atoms with van der Waals surface area (Å²) in [4.78, 5) is 0. The van der Waals surface area contributed by atoms with Gasteiger partial charge in [0.15, 0.2) is 23.0 Å². The number of hydrogen-bond acceptors (Lipinski definition) is 6. The topological polar surface area (TPSA) is 55.4 Å². The van der Waals surface area contributed by atoms with Crippen molar-refractivity contribution in [1.29, 1.82) is 0 Å². The lowest BCUT2D eigenvalue weighted by Crippen LogP contribution is -2.21. The van der Waals surface area contributed by atoms with Gasteiger partial charge in [-0.3, -0.25) is 0 Å². The van der Waals surface area contributed by atoms with Crippen molar-refractivity contribution in [3.63, 3.8) is 0 Å². The Morgan fingerprint density at radius 2 is 0.917 bits per heavy atom. The lowest BCUT2D eigenvalue weighted by molar-refractivity contribution is 0.290. The lowest BCUT2D eigenvalue weighted by Gasteiger charge is -2.28. The van der Waals surface area contributed by atoms with E-state index in [9.17, 15) is 0 Å². The molecule has 0 unspecified atom stereocenters. The third-order valence-corrected chi connectivity index (χ3v) is 7.57. The molecule has 2 rings (SSSR count). The average molecular weight is 632 g/mol. The van der Waals surface area contributed by atoms with Crippen LogP contribution in [-0.4, -0.2) is 53.3 Å². The number of ether oxygens (including phenoxy) is 6. The normalized spacial score (nSPS) is 12.6. The van der Waals surface area contributed by atoms with E-state index < -0.39 is 0 Å². The van der Waals surface area contributed by atoms with Crippen LogP contribution >= 0.6 is 31.9 Å². The molecule has 0 N–H and O–H groups in total. The van der Waals surface area contributed by atoms with Crippen molar-refractivity contribution in [3.8, 4) is 34.5 Å². The van der Waals surface area contributed by atoms with Gasteiger partial charge >= 0.3 is 0 Å². The van der Waals surface area contributed by atoms with Crippen molar-refractivity contribution in [1.82, 2.24) is 0 Å². The van der Waals surface area contributed by atoms with Crippen molar-refractivity contribution in [2.45, 2.75) is 38.5 Å². The molecule has 0 saturated heterocycles. The van der Waals surface area contributed by atoms with Crippen molar-refractivity contribution >= 4 is 31.9 Å². The molecule has 0 amide bonds. The third kappa shape index (κ3) is 8.10. The van der Waals surface area contributed by atoms with E-state index in [1.165, 1.54) is 11.1 Å². The van der Waals surface area contributed by atoms with Gasteiger partial charge in [0.05, 0.1) is 42.7 Å². The molecule has 0 spiro atoms. The fraction of sp³-hybridized carbons (Fsp3) is 0.571. The minimum absolute atomic E-state index is 0.446. The zero-order valence-electron chi connectivity index (χ0n) is 22.3. The molecule has 0 radical (unpaired) electrons. The molecule has 36 heavy (non-hydrogen) atoms. The summed E-state index contributed by atoms with van der Waals surface area (Å²) in [6, 6.07) is 8.28. The molecule has 0 aliphatic rings. The zero-order chi connectivity index (χ0) is 26.5. The van der Waals surface area contributed by atoms with E-state index in [1.807, 2.05) is 0 Å². The quantitative estimate of drug-likeness (QED) is 0.137. The Balaban J connectivity index is 2.43. The summed E-state index contributed by atoms with van der Waals surface area (Å²) < 4.78 is 33.5. The van der Waals surface area contributed by atoms with E-state index in [2.05, 4.69) is 56.1 Å². The van der Waals surface area contributed by atoms with E-state index in [0.29, 0.717) is 46.3 Å². The second kappa shape index (κ2) is 16.1. The number of unbranched alkanes of at least 4 members (excludes halogenated alkanes) is 1. The van der Waals surface area contributed by atoms with Crippen LogP contribution < -0.4 is 28.4 Å². The summed E-state index contributed by atoms with van der Waals surface area (Å²) in [7, 11) is 9.89. The van der Waals surface area contributed by atoms with E-state index in [4.69, 9.17) is 28.4 Å². The Bertz CT molecular complexity index is 886. The van der Waals surface area contributed by atoms with Crippen LogP contribution in [0.15, 0.2) is 24.3 Å². The van der Waals surface area contributed by atoms with Crippen LogP contribution in [0.5, 0.6) is 34.5 Å². The minimum Gasteiger partial charge on any atom is -0.493 e. The summed E-state index contributed by atoms with van der Waals surface area (Å²) in [5, 5.41) is 1.95. The first-order valence-electron chi connectivity index (χ1n) is 12.2. The van der Waals surface area contributed by atoms with E-state index in [-0.39, 0.29) is 0 Å². The van der Waals surface area contributed by atoms with Gasteiger partial charge in [0.25, 0.3) is 0 Å². The number of halogens is 2. The van der Waals surface area contributed by atoms with Gasteiger partial charge in [-0.15, -0.1) is 0 Å². The highest BCUT2D eigenvalue weighted by atomic mass is 79.9. The Labute approximate surface area is 233 Å². The lowest BCUT2D eigenvalue weighted by atomic mass is 9.78. The highest BCUT2D eigenvalue weighted by molar-refractivity contribution is 9.09. The molecule has 2 aromatic rings. The summed E-state index contributed by atoms with van der Waals surface area (Å²) in [6.07, 6.45) is 6.32. The van der Waals surface area contributed by atoms with Crippen molar-refractivity contribution in [2.75, 3.05) is 53.3 Å². The molecule has 0 heterocycles. The highest BCUT2D eigenvalue weighted by Gasteiger charge is 2.25. The summed E-state index contributed by atoms with van der Waals surface area (Å²) in [5.41, 5.74) is 2.35. The molecule has 0 bridgehead atoms. The van der Waals surface area contributed by atoms with Crippen LogP contribution in [0.2, 0.25) is 0 Å². The fourth-order valence-electron chi connectivity index (χ4n) is 4.76. The molecule has 0 aromatic heterocycles. The minimum atomic E-state index is 0.446. The maximum atomic E-state index is 5.62. The fourth-order valence-corrected chi connectivity index (χ4v) is 5.75. The first-order valence-corrected chi connectivity index (χ1v) is 14.4. The van der Waals surface area contributed by atoms with Gasteiger partial charge in [-0.05, 0) is 79.3 Å². The van der Waals surface area contributed by atoms with Crippen LogP contribution in [0.3, 0.4) is 0 Å². The molecule has 8 heteroatoms. The van der Waals surface area contributed by atoms with Gasteiger partial charge in [0.2, 0.25) is 11.5 Å². The molecule has 0 fully saturated rings. The largest absolute Gasteiger partial charge is 0.493 e. The molecular formula is C28H40Br2O6. The van der Waals surface area contributed by atoms with Crippen molar-refractivity contribution < 1.29 is 28.4 Å². The Morgan fingerprint density at radius 1 is 0.528 bits per heavy atom.